The highest BCUT2D eigenvalue weighted by Gasteiger charge is 2.50. The summed E-state index contributed by atoms with van der Waals surface area (Å²) in [4.78, 5) is 36.3. The largest absolute Gasteiger partial charge is 0.479 e. The summed E-state index contributed by atoms with van der Waals surface area (Å²) in [7, 11) is 0. The minimum atomic E-state index is -1.33. The summed E-state index contributed by atoms with van der Waals surface area (Å²) in [6.45, 7) is 8.36. The van der Waals surface area contributed by atoms with E-state index in [4.69, 9.17) is 4.74 Å². The lowest BCUT2D eigenvalue weighted by atomic mass is 9.70. The molecule has 0 unspecified atom stereocenters. The predicted molar refractivity (Wildman–Crippen MR) is 141 cm³/mol. The molecule has 2 N–H and O–H groups in total. The van der Waals surface area contributed by atoms with Crippen LogP contribution in [0, 0.1) is 17.8 Å². The zero-order valence-corrected chi connectivity index (χ0v) is 23.0. The van der Waals surface area contributed by atoms with Crippen LogP contribution >= 0.6 is 0 Å². The first-order valence-corrected chi connectivity index (χ1v) is 14.5. The molecule has 0 aliphatic carbocycles. The van der Waals surface area contributed by atoms with Gasteiger partial charge in [-0.3, -0.25) is 9.59 Å². The summed E-state index contributed by atoms with van der Waals surface area (Å²) in [6.07, 6.45) is 17.9. The molecule has 35 heavy (non-hydrogen) atoms. The summed E-state index contributed by atoms with van der Waals surface area (Å²) >= 11 is 0. The van der Waals surface area contributed by atoms with Crippen LogP contribution < -0.4 is 5.32 Å². The summed E-state index contributed by atoms with van der Waals surface area (Å²) in [6, 6.07) is 0. The van der Waals surface area contributed by atoms with Gasteiger partial charge >= 0.3 is 11.9 Å². The van der Waals surface area contributed by atoms with E-state index >= 15 is 0 Å². The fourth-order valence-electron chi connectivity index (χ4n) is 5.67. The number of hydrogen-bond acceptors (Lipinski definition) is 4. The smallest absolute Gasteiger partial charge is 0.329 e. The Kier molecular flexibility index (Phi) is 16.0. The third-order valence-electron chi connectivity index (χ3n) is 7.69. The van der Waals surface area contributed by atoms with E-state index in [0.29, 0.717) is 25.7 Å². The zero-order chi connectivity index (χ0) is 26.1. The Bertz CT molecular complexity index is 608. The molecule has 1 saturated heterocycles. The highest BCUT2D eigenvalue weighted by Crippen LogP contribution is 2.39. The Hall–Kier alpha value is -1.59. The van der Waals surface area contributed by atoms with Gasteiger partial charge in [-0.15, -0.1) is 0 Å². The number of ether oxygens (including phenoxy) is 1. The average molecular weight is 496 g/mol. The maximum absolute atomic E-state index is 12.6. The Morgan fingerprint density at radius 1 is 0.971 bits per heavy atom. The van der Waals surface area contributed by atoms with Crippen molar-refractivity contribution in [1.29, 1.82) is 0 Å². The number of aliphatic carboxylic acids is 1. The second-order valence-electron chi connectivity index (χ2n) is 11.1. The number of carbonyl (C=O) groups excluding carboxylic acids is 2. The Balaban J connectivity index is 2.81. The number of carboxylic acids is 1. The van der Waals surface area contributed by atoms with Crippen molar-refractivity contribution in [3.63, 3.8) is 0 Å². The molecule has 0 aromatic carbocycles. The molecule has 1 fully saturated rings. The van der Waals surface area contributed by atoms with Gasteiger partial charge in [-0.25, -0.2) is 4.79 Å². The lowest BCUT2D eigenvalue weighted by Crippen LogP contribution is -2.60. The van der Waals surface area contributed by atoms with Crippen molar-refractivity contribution in [3.05, 3.63) is 0 Å². The number of esters is 1. The van der Waals surface area contributed by atoms with Gasteiger partial charge in [0.1, 0.15) is 11.6 Å². The van der Waals surface area contributed by atoms with Crippen molar-refractivity contribution >= 4 is 18.3 Å². The fourth-order valence-corrected chi connectivity index (χ4v) is 5.67. The van der Waals surface area contributed by atoms with E-state index in [0.717, 1.165) is 51.4 Å². The standard InChI is InChI=1S/C29H53NO5/c1-5-7-9-11-12-13-14-15-16-18-24(29(28(33)34,30-22-31)21-23(3)4)20-26-25(27(32)35-26)19-17-10-8-6-2/h22-26H,5-21H2,1-4H3,(H,30,31)(H,33,34)/t24-,25-,26-,29-/m0/s1. The molecule has 6 heteroatoms. The van der Waals surface area contributed by atoms with E-state index in [1.807, 2.05) is 13.8 Å². The first kappa shape index (κ1) is 31.4. The molecule has 0 bridgehead atoms. The first-order chi connectivity index (χ1) is 16.8. The molecular formula is C29H53NO5. The van der Waals surface area contributed by atoms with Crippen molar-refractivity contribution in [2.45, 2.75) is 148 Å². The fraction of sp³-hybridized carbons (Fsp3) is 0.897. The topological polar surface area (TPSA) is 92.7 Å². The number of nitrogens with one attached hydrogen (secondary N) is 1. The summed E-state index contributed by atoms with van der Waals surface area (Å²) in [5.74, 6) is -1.43. The SMILES string of the molecule is CCCCCCCCCCC[C@@H](C[C@@H]1OC(=O)[C@H]1CCCCCC)[C@](CC(C)C)(NC=O)C(=O)O. The summed E-state index contributed by atoms with van der Waals surface area (Å²) in [5.41, 5.74) is -1.33. The Labute approximate surface area is 214 Å². The van der Waals surface area contributed by atoms with E-state index in [1.54, 1.807) is 0 Å². The molecule has 4 atom stereocenters. The third kappa shape index (κ3) is 10.9. The van der Waals surface area contributed by atoms with Gasteiger partial charge < -0.3 is 15.2 Å². The maximum atomic E-state index is 12.6. The summed E-state index contributed by atoms with van der Waals surface area (Å²) < 4.78 is 5.54. The van der Waals surface area contributed by atoms with Crippen molar-refractivity contribution in [2.75, 3.05) is 0 Å². The molecule has 0 radical (unpaired) electrons. The first-order valence-electron chi connectivity index (χ1n) is 14.5. The normalized spacial score (nSPS) is 20.1. The van der Waals surface area contributed by atoms with E-state index in [9.17, 15) is 19.5 Å². The molecule has 1 heterocycles. The molecule has 1 aliphatic rings. The van der Waals surface area contributed by atoms with Crippen LogP contribution in [0.2, 0.25) is 0 Å². The predicted octanol–water partition coefficient (Wildman–Crippen LogP) is 7.04. The average Bonchev–Trinajstić information content (AvgIpc) is 2.80. The van der Waals surface area contributed by atoms with Crippen molar-refractivity contribution < 1.29 is 24.2 Å². The Morgan fingerprint density at radius 2 is 1.51 bits per heavy atom. The molecule has 0 aromatic rings. The van der Waals surface area contributed by atoms with Gasteiger partial charge in [0.25, 0.3) is 0 Å². The summed E-state index contributed by atoms with van der Waals surface area (Å²) in [5, 5.41) is 13.0. The monoisotopic (exact) mass is 495 g/mol. The maximum Gasteiger partial charge on any atom is 0.329 e. The number of carboxylic acid groups (broad SMARTS) is 1. The molecular weight excluding hydrogens is 442 g/mol. The van der Waals surface area contributed by atoms with Gasteiger partial charge in [-0.2, -0.15) is 0 Å². The van der Waals surface area contributed by atoms with Crippen LogP contribution in [-0.4, -0.2) is 35.1 Å². The molecule has 1 aliphatic heterocycles. The van der Waals surface area contributed by atoms with Gasteiger partial charge in [-0.05, 0) is 37.5 Å². The van der Waals surface area contributed by atoms with E-state index in [2.05, 4.69) is 19.2 Å². The van der Waals surface area contributed by atoms with Crippen molar-refractivity contribution in [3.8, 4) is 0 Å². The highest BCUT2D eigenvalue weighted by atomic mass is 16.6. The van der Waals surface area contributed by atoms with E-state index in [-0.39, 0.29) is 29.8 Å². The molecule has 1 rings (SSSR count). The number of cyclic esters (lactones) is 1. The zero-order valence-electron chi connectivity index (χ0n) is 23.0. The third-order valence-corrected chi connectivity index (χ3v) is 7.69. The van der Waals surface area contributed by atoms with Crippen LogP contribution in [0.25, 0.3) is 0 Å². The van der Waals surface area contributed by atoms with Gasteiger partial charge in [0.2, 0.25) is 6.41 Å². The number of unbranched alkanes of at least 4 members (excludes halogenated alkanes) is 11. The number of hydrogen-bond donors (Lipinski definition) is 2. The molecule has 0 spiro atoms. The van der Waals surface area contributed by atoms with Crippen LogP contribution in [0.15, 0.2) is 0 Å². The second-order valence-corrected chi connectivity index (χ2v) is 11.1. The Morgan fingerprint density at radius 3 is 2.00 bits per heavy atom. The lowest BCUT2D eigenvalue weighted by Gasteiger charge is -2.43. The number of carbonyl (C=O) groups is 3. The molecule has 204 valence electrons. The quantitative estimate of drug-likeness (QED) is 0.0900. The minimum Gasteiger partial charge on any atom is -0.479 e. The van der Waals surface area contributed by atoms with Gasteiger partial charge in [0, 0.05) is 0 Å². The van der Waals surface area contributed by atoms with Crippen LogP contribution in [-0.2, 0) is 19.1 Å². The van der Waals surface area contributed by atoms with Gasteiger partial charge in [-0.1, -0.05) is 111 Å². The van der Waals surface area contributed by atoms with Crippen molar-refractivity contribution in [1.82, 2.24) is 5.32 Å². The van der Waals surface area contributed by atoms with Crippen LogP contribution in [0.1, 0.15) is 137 Å². The van der Waals surface area contributed by atoms with Crippen LogP contribution in [0.5, 0.6) is 0 Å². The molecule has 1 amide bonds. The number of rotatable bonds is 23. The van der Waals surface area contributed by atoms with Gasteiger partial charge in [0.15, 0.2) is 0 Å². The lowest BCUT2D eigenvalue weighted by molar-refractivity contribution is -0.189. The van der Waals surface area contributed by atoms with Crippen molar-refractivity contribution in [2.24, 2.45) is 17.8 Å². The van der Waals surface area contributed by atoms with E-state index in [1.165, 1.54) is 38.5 Å². The molecule has 0 aromatic heterocycles. The molecule has 0 saturated carbocycles. The second kappa shape index (κ2) is 17.8. The minimum absolute atomic E-state index is 0.109. The molecule has 6 nitrogen and oxygen atoms in total. The van der Waals surface area contributed by atoms with Crippen LogP contribution in [0.3, 0.4) is 0 Å². The highest BCUT2D eigenvalue weighted by molar-refractivity contribution is 5.82. The van der Waals surface area contributed by atoms with Crippen LogP contribution in [0.4, 0.5) is 0 Å². The number of amides is 1. The van der Waals surface area contributed by atoms with Gasteiger partial charge in [0.05, 0.1) is 5.92 Å². The van der Waals surface area contributed by atoms with E-state index < -0.39 is 11.5 Å².